The summed E-state index contributed by atoms with van der Waals surface area (Å²) in [5, 5.41) is 3.72. The number of fused-ring (bicyclic) bond motifs is 1. The fourth-order valence-electron chi connectivity index (χ4n) is 3.61. The Labute approximate surface area is 145 Å². The van der Waals surface area contributed by atoms with Crippen LogP contribution in [0.2, 0.25) is 0 Å². The minimum absolute atomic E-state index is 0.0534. The maximum Gasteiger partial charge on any atom is 0.409 e. The van der Waals surface area contributed by atoms with E-state index in [1.165, 1.54) is 23.3 Å². The minimum atomic E-state index is -0.291. The van der Waals surface area contributed by atoms with Gasteiger partial charge in [0.25, 0.3) is 0 Å². The predicted molar refractivity (Wildman–Crippen MR) is 91.8 cm³/mol. The van der Waals surface area contributed by atoms with E-state index in [-0.39, 0.29) is 24.1 Å². The smallest absolute Gasteiger partial charge is 0.409 e. The number of nitrogens with two attached hydrogens (primary N) is 1. The van der Waals surface area contributed by atoms with Crippen molar-refractivity contribution in [3.63, 3.8) is 0 Å². The van der Waals surface area contributed by atoms with Gasteiger partial charge in [-0.2, -0.15) is 0 Å². The van der Waals surface area contributed by atoms with E-state index in [1.807, 2.05) is 0 Å². The van der Waals surface area contributed by atoms with Gasteiger partial charge >= 0.3 is 6.09 Å². The largest absolute Gasteiger partial charge is 0.453 e. The van der Waals surface area contributed by atoms with Crippen molar-refractivity contribution in [3.05, 3.63) is 10.6 Å². The molecule has 3 N–H and O–H groups in total. The molecule has 0 saturated carbocycles. The first-order chi connectivity index (χ1) is 11.6. The Morgan fingerprint density at radius 3 is 3.08 bits per heavy atom. The Kier molecular flexibility index (Phi) is 5.23. The van der Waals surface area contributed by atoms with Crippen LogP contribution in [0.3, 0.4) is 0 Å². The highest BCUT2D eigenvalue weighted by molar-refractivity contribution is 7.15. The third-order valence-corrected chi connectivity index (χ3v) is 5.76. The van der Waals surface area contributed by atoms with E-state index in [1.54, 1.807) is 4.90 Å². The molecule has 1 saturated heterocycles. The summed E-state index contributed by atoms with van der Waals surface area (Å²) in [5.74, 6) is 0.0534. The van der Waals surface area contributed by atoms with Crippen LogP contribution >= 0.6 is 11.3 Å². The molecule has 0 radical (unpaired) electrons. The zero-order valence-corrected chi connectivity index (χ0v) is 14.7. The number of ether oxygens (including phenoxy) is 1. The molecule has 1 aliphatic heterocycles. The molecule has 0 aromatic carbocycles. The van der Waals surface area contributed by atoms with Crippen LogP contribution in [0.25, 0.3) is 0 Å². The van der Waals surface area contributed by atoms with E-state index in [9.17, 15) is 9.59 Å². The molecule has 0 bridgehead atoms. The van der Waals surface area contributed by atoms with E-state index >= 15 is 0 Å². The molecule has 24 heavy (non-hydrogen) atoms. The number of anilines is 1. The Morgan fingerprint density at radius 2 is 2.29 bits per heavy atom. The number of carbonyl (C=O) groups is 2. The number of carbonyl (C=O) groups excluding carboxylic acids is 2. The number of thiazole rings is 1. The first-order valence-corrected chi connectivity index (χ1v) is 9.26. The van der Waals surface area contributed by atoms with Gasteiger partial charge in [0.05, 0.1) is 12.8 Å². The highest BCUT2D eigenvalue weighted by Gasteiger charge is 2.30. The molecule has 1 aromatic heterocycles. The number of amides is 2. The Balaban J connectivity index is 1.45. The molecular formula is C16H24N4O3S. The number of rotatable bonds is 4. The fourth-order valence-corrected chi connectivity index (χ4v) is 4.57. The fraction of sp³-hybridized carbons (Fsp3) is 0.688. The van der Waals surface area contributed by atoms with Gasteiger partial charge in [0.1, 0.15) is 0 Å². The van der Waals surface area contributed by atoms with Crippen LogP contribution in [-0.4, -0.2) is 47.6 Å². The lowest BCUT2D eigenvalue weighted by atomic mass is 9.97. The number of aromatic nitrogens is 1. The Hall–Kier alpha value is -1.83. The maximum atomic E-state index is 12.2. The molecule has 1 fully saturated rings. The Morgan fingerprint density at radius 1 is 1.46 bits per heavy atom. The molecule has 3 rings (SSSR count). The molecule has 1 aromatic rings. The highest BCUT2D eigenvalue weighted by atomic mass is 32.1. The van der Waals surface area contributed by atoms with Gasteiger partial charge in [0, 0.05) is 36.3 Å². The van der Waals surface area contributed by atoms with Crippen molar-refractivity contribution in [2.24, 2.45) is 0 Å². The van der Waals surface area contributed by atoms with E-state index in [0.717, 1.165) is 44.3 Å². The van der Waals surface area contributed by atoms with Crippen LogP contribution in [0, 0.1) is 0 Å². The molecule has 7 nitrogen and oxygen atoms in total. The molecular weight excluding hydrogens is 328 g/mol. The molecule has 132 valence electrons. The van der Waals surface area contributed by atoms with Crippen molar-refractivity contribution in [2.75, 3.05) is 19.4 Å². The molecule has 2 heterocycles. The number of aryl methyl sites for hydroxylation is 1. The summed E-state index contributed by atoms with van der Waals surface area (Å²) in [4.78, 5) is 31.2. The van der Waals surface area contributed by atoms with Crippen molar-refractivity contribution in [1.82, 2.24) is 15.2 Å². The number of likely N-dealkylation sites (tertiary alicyclic amines) is 1. The van der Waals surface area contributed by atoms with Gasteiger partial charge in [-0.25, -0.2) is 9.78 Å². The third kappa shape index (κ3) is 3.80. The van der Waals surface area contributed by atoms with Gasteiger partial charge < -0.3 is 20.7 Å². The second-order valence-corrected chi connectivity index (χ2v) is 7.54. The molecule has 1 aliphatic carbocycles. The van der Waals surface area contributed by atoms with Crippen LogP contribution < -0.4 is 11.1 Å². The molecule has 2 unspecified atom stereocenters. The van der Waals surface area contributed by atoms with E-state index < -0.39 is 0 Å². The van der Waals surface area contributed by atoms with Crippen LogP contribution in [0.1, 0.15) is 42.7 Å². The van der Waals surface area contributed by atoms with Gasteiger partial charge in [0.15, 0.2) is 5.13 Å². The zero-order chi connectivity index (χ0) is 17.1. The average Bonchev–Trinajstić information content (AvgIpc) is 3.17. The van der Waals surface area contributed by atoms with Crippen LogP contribution in [-0.2, 0) is 22.4 Å². The number of nitrogens with zero attached hydrogens (tertiary/aromatic N) is 2. The maximum absolute atomic E-state index is 12.2. The van der Waals surface area contributed by atoms with Crippen LogP contribution in [0.5, 0.6) is 0 Å². The first-order valence-electron chi connectivity index (χ1n) is 8.45. The summed E-state index contributed by atoms with van der Waals surface area (Å²) in [5.41, 5.74) is 6.83. The number of hydrogen-bond acceptors (Lipinski definition) is 6. The first kappa shape index (κ1) is 17.0. The summed E-state index contributed by atoms with van der Waals surface area (Å²) in [7, 11) is 1.40. The van der Waals surface area contributed by atoms with E-state index in [2.05, 4.69) is 10.3 Å². The van der Waals surface area contributed by atoms with E-state index in [0.29, 0.717) is 18.0 Å². The predicted octanol–water partition coefficient (Wildman–Crippen LogP) is 1.71. The average molecular weight is 352 g/mol. The van der Waals surface area contributed by atoms with Gasteiger partial charge in [-0.3, -0.25) is 4.79 Å². The third-order valence-electron chi connectivity index (χ3n) is 4.81. The van der Waals surface area contributed by atoms with Crippen molar-refractivity contribution < 1.29 is 14.3 Å². The molecule has 0 spiro atoms. The van der Waals surface area contributed by atoms with Crippen LogP contribution in [0.4, 0.5) is 9.93 Å². The van der Waals surface area contributed by atoms with Crippen molar-refractivity contribution in [3.8, 4) is 0 Å². The van der Waals surface area contributed by atoms with Gasteiger partial charge in [-0.15, -0.1) is 11.3 Å². The van der Waals surface area contributed by atoms with Crippen molar-refractivity contribution in [2.45, 2.75) is 57.0 Å². The molecule has 2 amide bonds. The standard InChI is InChI=1S/C16H24N4O3S/c1-23-16(22)20-8-2-3-11(20)5-7-14(21)18-10-4-6-12-13(9-10)24-15(17)19-12/h10-11H,2-9H2,1H3,(H2,17,19)(H,18,21). The van der Waals surface area contributed by atoms with Gasteiger partial charge in [-0.1, -0.05) is 0 Å². The minimum Gasteiger partial charge on any atom is -0.453 e. The number of methoxy groups -OCH3 is 1. The molecule has 8 heteroatoms. The normalized spacial score (nSPS) is 23.0. The van der Waals surface area contributed by atoms with Gasteiger partial charge in [-0.05, 0) is 32.1 Å². The lowest BCUT2D eigenvalue weighted by Crippen LogP contribution is -2.40. The second kappa shape index (κ2) is 7.38. The van der Waals surface area contributed by atoms with E-state index in [4.69, 9.17) is 10.5 Å². The van der Waals surface area contributed by atoms with Crippen molar-refractivity contribution in [1.29, 1.82) is 0 Å². The SMILES string of the molecule is COC(=O)N1CCCC1CCC(=O)NC1CCc2nc(N)sc2C1. The summed E-state index contributed by atoms with van der Waals surface area (Å²) < 4.78 is 4.80. The number of hydrogen-bond donors (Lipinski definition) is 2. The lowest BCUT2D eigenvalue weighted by Gasteiger charge is -2.24. The number of nitrogen functional groups attached to an aromatic ring is 1. The topological polar surface area (TPSA) is 97.5 Å². The monoisotopic (exact) mass is 352 g/mol. The molecule has 2 aliphatic rings. The zero-order valence-electron chi connectivity index (χ0n) is 13.9. The summed E-state index contributed by atoms with van der Waals surface area (Å²) >= 11 is 1.52. The summed E-state index contributed by atoms with van der Waals surface area (Å²) in [6.07, 6.45) is 5.33. The number of nitrogens with one attached hydrogen (secondary N) is 1. The second-order valence-electron chi connectivity index (χ2n) is 6.43. The molecule has 2 atom stereocenters. The quantitative estimate of drug-likeness (QED) is 0.860. The van der Waals surface area contributed by atoms with Gasteiger partial charge in [0.2, 0.25) is 5.91 Å². The lowest BCUT2D eigenvalue weighted by molar-refractivity contribution is -0.122. The Bertz CT molecular complexity index is 618. The summed E-state index contributed by atoms with van der Waals surface area (Å²) in [6.45, 7) is 0.719. The highest BCUT2D eigenvalue weighted by Crippen LogP contribution is 2.28. The summed E-state index contributed by atoms with van der Waals surface area (Å²) in [6, 6.07) is 0.271. The van der Waals surface area contributed by atoms with Crippen LogP contribution in [0.15, 0.2) is 0 Å². The van der Waals surface area contributed by atoms with Crippen molar-refractivity contribution >= 4 is 28.5 Å².